The van der Waals surface area contributed by atoms with Gasteiger partial charge in [0.1, 0.15) is 5.78 Å². The smallest absolute Gasteiger partial charge is 0.223 e. The Balaban J connectivity index is 2.63. The maximum Gasteiger partial charge on any atom is 0.223 e. The first kappa shape index (κ1) is 13.2. The number of carbonyl (C=O) groups is 2. The summed E-state index contributed by atoms with van der Waals surface area (Å²) in [5, 5.41) is 0. The molecule has 0 N–H and O–H groups in total. The fraction of sp³-hybridized carbons (Fsp3) is 0.846. The highest BCUT2D eigenvalue weighted by atomic mass is 16.2. The molecule has 3 heteroatoms. The molecule has 1 rings (SSSR count). The van der Waals surface area contributed by atoms with Gasteiger partial charge >= 0.3 is 0 Å². The largest absolute Gasteiger partial charge is 0.341 e. The Hall–Kier alpha value is -0.860. The summed E-state index contributed by atoms with van der Waals surface area (Å²) >= 11 is 0. The number of amides is 1. The predicted octanol–water partition coefficient (Wildman–Crippen LogP) is 2.25. The topological polar surface area (TPSA) is 37.4 Å². The van der Waals surface area contributed by atoms with Crippen molar-refractivity contribution in [3.05, 3.63) is 0 Å². The van der Waals surface area contributed by atoms with Crippen molar-refractivity contribution in [2.75, 3.05) is 13.1 Å². The molecule has 0 bridgehead atoms. The van der Waals surface area contributed by atoms with Crippen LogP contribution in [0.5, 0.6) is 0 Å². The second kappa shape index (κ2) is 4.19. The number of Topliss-reactive ketones (excluding diaryl/α,β-unsaturated/α-hetero) is 1. The Morgan fingerprint density at radius 2 is 1.94 bits per heavy atom. The van der Waals surface area contributed by atoms with E-state index in [4.69, 9.17) is 0 Å². The summed E-state index contributed by atoms with van der Waals surface area (Å²) in [7, 11) is 0. The summed E-state index contributed by atoms with van der Waals surface area (Å²) in [4.78, 5) is 25.5. The van der Waals surface area contributed by atoms with Crippen molar-refractivity contribution < 1.29 is 9.59 Å². The summed E-state index contributed by atoms with van der Waals surface area (Å²) in [5.74, 6) is 0.445. The molecule has 92 valence electrons. The molecule has 0 aromatic carbocycles. The fourth-order valence-electron chi connectivity index (χ4n) is 2.00. The van der Waals surface area contributed by atoms with Gasteiger partial charge in [-0.3, -0.25) is 9.59 Å². The molecule has 0 aromatic rings. The lowest BCUT2D eigenvalue weighted by Gasteiger charge is -2.37. The van der Waals surface area contributed by atoms with Crippen LogP contribution < -0.4 is 0 Å². The highest BCUT2D eigenvalue weighted by Gasteiger charge is 2.36. The van der Waals surface area contributed by atoms with E-state index in [-0.39, 0.29) is 22.5 Å². The molecule has 1 saturated heterocycles. The molecule has 1 aliphatic heterocycles. The quantitative estimate of drug-likeness (QED) is 0.686. The minimum absolute atomic E-state index is 0.0165. The number of ketones is 1. The van der Waals surface area contributed by atoms with Crippen LogP contribution in [0.1, 0.15) is 47.5 Å². The van der Waals surface area contributed by atoms with Gasteiger partial charge in [0.2, 0.25) is 5.91 Å². The average Bonchev–Trinajstić information content (AvgIpc) is 2.06. The Kier molecular flexibility index (Phi) is 3.46. The predicted molar refractivity (Wildman–Crippen MR) is 64.1 cm³/mol. The monoisotopic (exact) mass is 225 g/mol. The molecule has 3 nitrogen and oxygen atoms in total. The first-order valence-corrected chi connectivity index (χ1v) is 5.93. The van der Waals surface area contributed by atoms with Crippen molar-refractivity contribution in [1.29, 1.82) is 0 Å². The van der Waals surface area contributed by atoms with Gasteiger partial charge in [-0.25, -0.2) is 0 Å². The number of hydrogen-bond acceptors (Lipinski definition) is 2. The van der Waals surface area contributed by atoms with Gasteiger partial charge in [-0.05, 0) is 5.41 Å². The molecule has 0 unspecified atom stereocenters. The third-order valence-electron chi connectivity index (χ3n) is 2.98. The number of piperidine rings is 1. The Morgan fingerprint density at radius 3 is 2.38 bits per heavy atom. The number of hydrogen-bond donors (Lipinski definition) is 0. The van der Waals surface area contributed by atoms with E-state index < -0.39 is 0 Å². The maximum atomic E-state index is 12.0. The van der Waals surface area contributed by atoms with Crippen molar-refractivity contribution in [2.24, 2.45) is 10.8 Å². The minimum Gasteiger partial charge on any atom is -0.341 e. The summed E-state index contributed by atoms with van der Waals surface area (Å²) < 4.78 is 0. The van der Waals surface area contributed by atoms with E-state index >= 15 is 0 Å². The molecule has 0 saturated carbocycles. The van der Waals surface area contributed by atoms with Crippen molar-refractivity contribution in [2.45, 2.75) is 47.5 Å². The molecule has 0 aromatic heterocycles. The van der Waals surface area contributed by atoms with Crippen molar-refractivity contribution in [3.8, 4) is 0 Å². The number of likely N-dealkylation sites (tertiary alicyclic amines) is 1. The van der Waals surface area contributed by atoms with Crippen LogP contribution in [0.15, 0.2) is 0 Å². The van der Waals surface area contributed by atoms with Gasteiger partial charge in [-0.15, -0.1) is 0 Å². The Bertz CT molecular complexity index is 300. The second-order valence-electron chi connectivity index (χ2n) is 6.61. The fourth-order valence-corrected chi connectivity index (χ4v) is 2.00. The highest BCUT2D eigenvalue weighted by Crippen LogP contribution is 2.27. The first-order chi connectivity index (χ1) is 7.12. The summed E-state index contributed by atoms with van der Waals surface area (Å²) in [6, 6.07) is 0. The van der Waals surface area contributed by atoms with E-state index in [1.807, 2.05) is 18.7 Å². The zero-order chi connectivity index (χ0) is 12.6. The zero-order valence-electron chi connectivity index (χ0n) is 11.1. The minimum atomic E-state index is -0.369. The van der Waals surface area contributed by atoms with Gasteiger partial charge in [0.15, 0.2) is 0 Å². The number of rotatable bonds is 1. The van der Waals surface area contributed by atoms with Gasteiger partial charge in [0, 0.05) is 31.3 Å². The zero-order valence-corrected chi connectivity index (χ0v) is 11.1. The van der Waals surface area contributed by atoms with E-state index in [1.165, 1.54) is 0 Å². The lowest BCUT2D eigenvalue weighted by Crippen LogP contribution is -2.49. The van der Waals surface area contributed by atoms with Crippen LogP contribution in [0, 0.1) is 10.8 Å². The van der Waals surface area contributed by atoms with Crippen LogP contribution >= 0.6 is 0 Å². The second-order valence-corrected chi connectivity index (χ2v) is 6.61. The molecule has 16 heavy (non-hydrogen) atoms. The molecule has 0 atom stereocenters. The van der Waals surface area contributed by atoms with Gasteiger partial charge in [0.05, 0.1) is 0 Å². The first-order valence-electron chi connectivity index (χ1n) is 5.93. The van der Waals surface area contributed by atoms with E-state index in [1.54, 1.807) is 0 Å². The standard InChI is InChI=1S/C13H23NO2/c1-12(2,3)8-11(16)14-7-6-10(15)13(4,5)9-14/h6-9H2,1-5H3. The van der Waals surface area contributed by atoms with Gasteiger partial charge in [-0.1, -0.05) is 34.6 Å². The molecule has 0 aliphatic carbocycles. The number of carbonyl (C=O) groups excluding carboxylic acids is 2. The lowest BCUT2D eigenvalue weighted by atomic mass is 9.82. The number of nitrogens with zero attached hydrogens (tertiary/aromatic N) is 1. The molecule has 0 spiro atoms. The van der Waals surface area contributed by atoms with Crippen LogP contribution in [0.25, 0.3) is 0 Å². The van der Waals surface area contributed by atoms with Gasteiger partial charge in [-0.2, -0.15) is 0 Å². The third kappa shape index (κ3) is 3.32. The van der Waals surface area contributed by atoms with Gasteiger partial charge < -0.3 is 4.90 Å². The van der Waals surface area contributed by atoms with E-state index in [2.05, 4.69) is 20.8 Å². The van der Waals surface area contributed by atoms with Crippen LogP contribution in [0.3, 0.4) is 0 Å². The molecule has 1 amide bonds. The van der Waals surface area contributed by atoms with E-state index in [0.29, 0.717) is 25.9 Å². The van der Waals surface area contributed by atoms with Crippen molar-refractivity contribution in [1.82, 2.24) is 4.90 Å². The van der Waals surface area contributed by atoms with Crippen molar-refractivity contribution >= 4 is 11.7 Å². The van der Waals surface area contributed by atoms with Crippen LogP contribution in [0.4, 0.5) is 0 Å². The molecule has 1 fully saturated rings. The highest BCUT2D eigenvalue weighted by molar-refractivity contribution is 5.87. The molecular weight excluding hydrogens is 202 g/mol. The third-order valence-corrected chi connectivity index (χ3v) is 2.98. The van der Waals surface area contributed by atoms with Crippen LogP contribution in [-0.2, 0) is 9.59 Å². The van der Waals surface area contributed by atoms with Crippen molar-refractivity contribution in [3.63, 3.8) is 0 Å². The Morgan fingerprint density at radius 1 is 1.38 bits per heavy atom. The Labute approximate surface area is 98.2 Å². The SMILES string of the molecule is CC(C)(C)CC(=O)N1CCC(=O)C(C)(C)C1. The summed E-state index contributed by atoms with van der Waals surface area (Å²) in [6.07, 6.45) is 1.06. The van der Waals surface area contributed by atoms with Gasteiger partial charge in [0.25, 0.3) is 0 Å². The molecular formula is C13H23NO2. The van der Waals surface area contributed by atoms with E-state index in [0.717, 1.165) is 0 Å². The molecule has 1 heterocycles. The molecule has 0 radical (unpaired) electrons. The average molecular weight is 225 g/mol. The van der Waals surface area contributed by atoms with Crippen LogP contribution in [-0.4, -0.2) is 29.7 Å². The normalized spacial score (nSPS) is 21.1. The van der Waals surface area contributed by atoms with Crippen LogP contribution in [0.2, 0.25) is 0 Å². The summed E-state index contributed by atoms with van der Waals surface area (Å²) in [6.45, 7) is 11.2. The lowest BCUT2D eigenvalue weighted by molar-refractivity contribution is -0.142. The maximum absolute atomic E-state index is 12.0. The van der Waals surface area contributed by atoms with E-state index in [9.17, 15) is 9.59 Å². The summed E-state index contributed by atoms with van der Waals surface area (Å²) in [5.41, 5.74) is -0.353. The molecule has 1 aliphatic rings.